The molecule has 2 rings (SSSR count). The molecule has 0 aliphatic carbocycles. The van der Waals surface area contributed by atoms with Gasteiger partial charge >= 0.3 is 6.03 Å². The first-order valence-electron chi connectivity index (χ1n) is 5.70. The van der Waals surface area contributed by atoms with E-state index < -0.39 is 6.03 Å². The van der Waals surface area contributed by atoms with Crippen molar-refractivity contribution in [3.05, 3.63) is 48.0 Å². The summed E-state index contributed by atoms with van der Waals surface area (Å²) < 4.78 is 0. The Morgan fingerprint density at radius 3 is 2.00 bits per heavy atom. The maximum absolute atomic E-state index is 11.7. The lowest BCUT2D eigenvalue weighted by molar-refractivity contribution is 0.262. The number of aryl methyl sites for hydroxylation is 1. The number of rotatable bonds is 2. The van der Waals surface area contributed by atoms with Crippen LogP contribution in [0.2, 0.25) is 0 Å². The monoisotopic (exact) mass is 258 g/mol. The SMILES string of the molecule is Cc1ccc(NC(=O)Nc2cc(O)cc(O)c2)cc1. The van der Waals surface area contributed by atoms with Gasteiger partial charge in [0.05, 0.1) is 0 Å². The quantitative estimate of drug-likeness (QED) is 0.668. The molecule has 0 aliphatic rings. The Bertz CT molecular complexity index is 574. The molecule has 5 heteroatoms. The molecule has 0 saturated carbocycles. The maximum Gasteiger partial charge on any atom is 0.323 e. The minimum absolute atomic E-state index is 0.120. The third-order valence-corrected chi connectivity index (χ3v) is 2.47. The summed E-state index contributed by atoms with van der Waals surface area (Å²) in [7, 11) is 0. The molecule has 0 bridgehead atoms. The van der Waals surface area contributed by atoms with Crippen molar-refractivity contribution in [2.75, 3.05) is 10.6 Å². The summed E-state index contributed by atoms with van der Waals surface area (Å²) >= 11 is 0. The van der Waals surface area contributed by atoms with Crippen LogP contribution in [0.1, 0.15) is 5.56 Å². The number of phenols is 2. The molecule has 2 aromatic carbocycles. The topological polar surface area (TPSA) is 81.6 Å². The number of phenolic OH excluding ortho intramolecular Hbond substituents is 2. The fraction of sp³-hybridized carbons (Fsp3) is 0.0714. The Balaban J connectivity index is 2.03. The van der Waals surface area contributed by atoms with Gasteiger partial charge < -0.3 is 20.8 Å². The van der Waals surface area contributed by atoms with Crippen LogP contribution >= 0.6 is 0 Å². The van der Waals surface area contributed by atoms with Gasteiger partial charge in [0.25, 0.3) is 0 Å². The van der Waals surface area contributed by atoms with E-state index in [9.17, 15) is 15.0 Å². The summed E-state index contributed by atoms with van der Waals surface area (Å²) in [6, 6.07) is 10.8. The lowest BCUT2D eigenvalue weighted by atomic mass is 10.2. The van der Waals surface area contributed by atoms with E-state index in [4.69, 9.17) is 0 Å². The lowest BCUT2D eigenvalue weighted by Gasteiger charge is -2.08. The van der Waals surface area contributed by atoms with Gasteiger partial charge in [-0.3, -0.25) is 0 Å². The van der Waals surface area contributed by atoms with Gasteiger partial charge in [0.1, 0.15) is 11.5 Å². The standard InChI is InChI=1S/C14H14N2O3/c1-9-2-4-10(5-3-9)15-14(19)16-11-6-12(17)8-13(18)7-11/h2-8,17-18H,1H3,(H2,15,16,19). The Labute approximate surface area is 110 Å². The number of carbonyl (C=O) groups excluding carboxylic acids is 1. The van der Waals surface area contributed by atoms with E-state index in [0.717, 1.165) is 5.56 Å². The fourth-order valence-corrected chi connectivity index (χ4v) is 1.60. The van der Waals surface area contributed by atoms with Gasteiger partial charge in [-0.05, 0) is 19.1 Å². The molecule has 5 nitrogen and oxygen atoms in total. The zero-order valence-electron chi connectivity index (χ0n) is 10.3. The van der Waals surface area contributed by atoms with Crippen molar-refractivity contribution in [1.29, 1.82) is 0 Å². The summed E-state index contributed by atoms with van der Waals surface area (Å²) in [4.78, 5) is 11.7. The zero-order valence-corrected chi connectivity index (χ0v) is 10.3. The van der Waals surface area contributed by atoms with Crippen LogP contribution in [0, 0.1) is 6.92 Å². The van der Waals surface area contributed by atoms with Crippen LogP contribution in [-0.2, 0) is 0 Å². The molecule has 0 saturated heterocycles. The lowest BCUT2D eigenvalue weighted by Crippen LogP contribution is -2.19. The van der Waals surface area contributed by atoms with Crippen LogP contribution < -0.4 is 10.6 Å². The van der Waals surface area contributed by atoms with Crippen LogP contribution in [-0.4, -0.2) is 16.2 Å². The molecule has 0 atom stereocenters. The highest BCUT2D eigenvalue weighted by Gasteiger charge is 2.04. The molecule has 19 heavy (non-hydrogen) atoms. The number of urea groups is 1. The second-order valence-corrected chi connectivity index (χ2v) is 4.18. The average molecular weight is 258 g/mol. The minimum Gasteiger partial charge on any atom is -0.508 e. The number of aromatic hydroxyl groups is 2. The molecule has 0 unspecified atom stereocenters. The highest BCUT2D eigenvalue weighted by molar-refractivity contribution is 5.99. The molecule has 0 aromatic heterocycles. The summed E-state index contributed by atoms with van der Waals surface area (Å²) in [6.45, 7) is 1.96. The van der Waals surface area contributed by atoms with E-state index in [1.807, 2.05) is 19.1 Å². The van der Waals surface area contributed by atoms with Crippen LogP contribution in [0.25, 0.3) is 0 Å². The number of anilines is 2. The van der Waals surface area contributed by atoms with Crippen molar-refractivity contribution in [3.8, 4) is 11.5 Å². The van der Waals surface area contributed by atoms with Gasteiger partial charge in [0.15, 0.2) is 0 Å². The van der Waals surface area contributed by atoms with Crippen molar-refractivity contribution in [2.45, 2.75) is 6.92 Å². The Morgan fingerprint density at radius 1 is 0.895 bits per heavy atom. The third kappa shape index (κ3) is 3.64. The predicted octanol–water partition coefficient (Wildman–Crippen LogP) is 3.05. The third-order valence-electron chi connectivity index (χ3n) is 2.47. The van der Waals surface area contributed by atoms with E-state index >= 15 is 0 Å². The van der Waals surface area contributed by atoms with Gasteiger partial charge in [-0.1, -0.05) is 17.7 Å². The highest BCUT2D eigenvalue weighted by Crippen LogP contribution is 2.24. The Kier molecular flexibility index (Phi) is 3.56. The van der Waals surface area contributed by atoms with Crippen molar-refractivity contribution >= 4 is 17.4 Å². The molecule has 0 fully saturated rings. The molecule has 0 heterocycles. The molecular formula is C14H14N2O3. The summed E-state index contributed by atoms with van der Waals surface area (Å²) in [5.74, 6) is -0.240. The summed E-state index contributed by atoms with van der Waals surface area (Å²) in [5, 5.41) is 23.8. The molecule has 0 radical (unpaired) electrons. The van der Waals surface area contributed by atoms with Gasteiger partial charge in [-0.25, -0.2) is 4.79 Å². The van der Waals surface area contributed by atoms with E-state index in [1.165, 1.54) is 18.2 Å². The molecule has 0 spiro atoms. The zero-order chi connectivity index (χ0) is 13.8. The van der Waals surface area contributed by atoms with Crippen molar-refractivity contribution in [2.24, 2.45) is 0 Å². The first-order valence-corrected chi connectivity index (χ1v) is 5.70. The van der Waals surface area contributed by atoms with Gasteiger partial charge in [0.2, 0.25) is 0 Å². The second-order valence-electron chi connectivity index (χ2n) is 4.18. The normalized spacial score (nSPS) is 9.95. The van der Waals surface area contributed by atoms with Crippen LogP contribution in [0.5, 0.6) is 11.5 Å². The summed E-state index contributed by atoms with van der Waals surface area (Å²) in [5.41, 5.74) is 2.07. The molecule has 4 N–H and O–H groups in total. The van der Waals surface area contributed by atoms with Crippen molar-refractivity contribution in [3.63, 3.8) is 0 Å². The number of amides is 2. The van der Waals surface area contributed by atoms with Gasteiger partial charge in [-0.15, -0.1) is 0 Å². The largest absolute Gasteiger partial charge is 0.508 e. The Hall–Kier alpha value is -2.69. The smallest absolute Gasteiger partial charge is 0.323 e. The number of hydrogen-bond acceptors (Lipinski definition) is 3. The number of hydrogen-bond donors (Lipinski definition) is 4. The molecular weight excluding hydrogens is 244 g/mol. The maximum atomic E-state index is 11.7. The number of benzene rings is 2. The minimum atomic E-state index is -0.450. The first-order chi connectivity index (χ1) is 9.02. The van der Waals surface area contributed by atoms with E-state index in [-0.39, 0.29) is 11.5 Å². The van der Waals surface area contributed by atoms with E-state index in [0.29, 0.717) is 11.4 Å². The van der Waals surface area contributed by atoms with Crippen molar-refractivity contribution in [1.82, 2.24) is 0 Å². The first kappa shape index (κ1) is 12.8. The summed E-state index contributed by atoms with van der Waals surface area (Å²) in [6.07, 6.45) is 0. The van der Waals surface area contributed by atoms with E-state index in [1.54, 1.807) is 12.1 Å². The van der Waals surface area contributed by atoms with Crippen LogP contribution in [0.3, 0.4) is 0 Å². The molecule has 2 aromatic rings. The fourth-order valence-electron chi connectivity index (χ4n) is 1.60. The molecule has 98 valence electrons. The van der Waals surface area contributed by atoms with Crippen LogP contribution in [0.4, 0.5) is 16.2 Å². The van der Waals surface area contributed by atoms with Gasteiger partial charge in [0, 0.05) is 29.6 Å². The van der Waals surface area contributed by atoms with Gasteiger partial charge in [-0.2, -0.15) is 0 Å². The second kappa shape index (κ2) is 5.30. The number of nitrogens with one attached hydrogen (secondary N) is 2. The number of carbonyl (C=O) groups is 1. The van der Waals surface area contributed by atoms with Crippen LogP contribution in [0.15, 0.2) is 42.5 Å². The van der Waals surface area contributed by atoms with E-state index in [2.05, 4.69) is 10.6 Å². The molecule has 2 amide bonds. The predicted molar refractivity (Wildman–Crippen MR) is 73.6 cm³/mol. The Morgan fingerprint density at radius 2 is 1.42 bits per heavy atom. The average Bonchev–Trinajstić information content (AvgIpc) is 2.30. The van der Waals surface area contributed by atoms with Crippen molar-refractivity contribution < 1.29 is 15.0 Å². The molecule has 0 aliphatic heterocycles. The highest BCUT2D eigenvalue weighted by atomic mass is 16.3.